The SMILES string of the molecule is c1ccc(-c2ccccc2-c2nc(-c3ccc4oc5cc6ccccc6cc5c4c3)nc(-c3cc4ccccc4o3)n2)cc1. The number of aromatic nitrogens is 3. The average molecular weight is 566 g/mol. The summed E-state index contributed by atoms with van der Waals surface area (Å²) in [5.74, 6) is 2.21. The van der Waals surface area contributed by atoms with E-state index in [0.717, 1.165) is 60.5 Å². The van der Waals surface area contributed by atoms with Crippen LogP contribution in [0.1, 0.15) is 0 Å². The average Bonchev–Trinajstić information content (AvgIpc) is 3.68. The van der Waals surface area contributed by atoms with Crippen LogP contribution < -0.4 is 0 Å². The second-order valence-corrected chi connectivity index (χ2v) is 10.9. The van der Waals surface area contributed by atoms with E-state index in [-0.39, 0.29) is 0 Å². The summed E-state index contributed by atoms with van der Waals surface area (Å²) in [6.45, 7) is 0. The normalized spacial score (nSPS) is 11.6. The molecule has 0 atom stereocenters. The van der Waals surface area contributed by atoms with E-state index in [4.69, 9.17) is 23.8 Å². The Morgan fingerprint density at radius 2 is 1.02 bits per heavy atom. The van der Waals surface area contributed by atoms with Crippen molar-refractivity contribution in [3.05, 3.63) is 140 Å². The van der Waals surface area contributed by atoms with Gasteiger partial charge in [0, 0.05) is 27.3 Å². The predicted octanol–water partition coefficient (Wildman–Crippen LogP) is 10.3. The largest absolute Gasteiger partial charge is 0.456 e. The first-order chi connectivity index (χ1) is 21.8. The number of furan rings is 2. The molecule has 0 spiro atoms. The third-order valence-corrected chi connectivity index (χ3v) is 8.13. The van der Waals surface area contributed by atoms with Gasteiger partial charge in [-0.25, -0.2) is 15.0 Å². The molecule has 9 aromatic rings. The molecule has 0 fully saturated rings. The van der Waals surface area contributed by atoms with Crippen molar-refractivity contribution < 1.29 is 8.83 Å². The van der Waals surface area contributed by atoms with Gasteiger partial charge < -0.3 is 8.83 Å². The molecule has 5 nitrogen and oxygen atoms in total. The van der Waals surface area contributed by atoms with Crippen molar-refractivity contribution in [2.75, 3.05) is 0 Å². The lowest BCUT2D eigenvalue weighted by Crippen LogP contribution is -2.00. The topological polar surface area (TPSA) is 65.0 Å². The molecule has 0 aliphatic rings. The fourth-order valence-corrected chi connectivity index (χ4v) is 5.98. The number of hydrogen-bond acceptors (Lipinski definition) is 5. The van der Waals surface area contributed by atoms with E-state index in [1.54, 1.807) is 0 Å². The standard InChI is InChI=1S/C39H23N3O2/c1-2-10-24(11-3-1)29-15-7-8-16-30(29)38-40-37(41-39(42-38)36-23-27-14-6-9-17-33(27)43-36)28-18-19-34-31(21-28)32-20-25-12-4-5-13-26(25)22-35(32)44-34/h1-23H. The molecule has 6 aromatic carbocycles. The third-order valence-electron chi connectivity index (χ3n) is 8.13. The van der Waals surface area contributed by atoms with Crippen molar-refractivity contribution in [3.8, 4) is 45.5 Å². The van der Waals surface area contributed by atoms with Crippen molar-refractivity contribution >= 4 is 43.7 Å². The Morgan fingerprint density at radius 3 is 1.86 bits per heavy atom. The smallest absolute Gasteiger partial charge is 0.199 e. The fourth-order valence-electron chi connectivity index (χ4n) is 5.98. The Labute approximate surface area is 252 Å². The first-order valence-corrected chi connectivity index (χ1v) is 14.5. The Hall–Kier alpha value is -6.07. The number of hydrogen-bond donors (Lipinski definition) is 0. The number of fused-ring (bicyclic) bond motifs is 5. The molecule has 0 saturated carbocycles. The van der Waals surface area contributed by atoms with Gasteiger partial charge in [-0.05, 0) is 64.4 Å². The van der Waals surface area contributed by atoms with Gasteiger partial charge in [0.15, 0.2) is 23.2 Å². The minimum absolute atomic E-state index is 0.479. The van der Waals surface area contributed by atoms with Gasteiger partial charge >= 0.3 is 0 Å². The fraction of sp³-hybridized carbons (Fsp3) is 0. The lowest BCUT2D eigenvalue weighted by atomic mass is 9.99. The van der Waals surface area contributed by atoms with Crippen LogP contribution in [0.25, 0.3) is 89.2 Å². The lowest BCUT2D eigenvalue weighted by Gasteiger charge is -2.11. The van der Waals surface area contributed by atoms with Crippen LogP contribution in [0.5, 0.6) is 0 Å². The zero-order valence-corrected chi connectivity index (χ0v) is 23.4. The maximum absolute atomic E-state index is 6.27. The highest BCUT2D eigenvalue weighted by Crippen LogP contribution is 2.37. The predicted molar refractivity (Wildman–Crippen MR) is 176 cm³/mol. The summed E-state index contributed by atoms with van der Waals surface area (Å²) in [6, 6.07) is 47.2. The first kappa shape index (κ1) is 24.5. The Balaban J connectivity index is 1.27. The molecular formula is C39H23N3O2. The van der Waals surface area contributed by atoms with Gasteiger partial charge in [0.05, 0.1) is 0 Å². The number of nitrogens with zero attached hydrogens (tertiary/aromatic N) is 3. The summed E-state index contributed by atoms with van der Waals surface area (Å²) >= 11 is 0. The molecule has 0 saturated heterocycles. The summed E-state index contributed by atoms with van der Waals surface area (Å²) in [5, 5.41) is 5.38. The highest BCUT2D eigenvalue weighted by Gasteiger charge is 2.19. The number of benzene rings is 6. The van der Waals surface area contributed by atoms with E-state index in [1.807, 2.05) is 78.9 Å². The van der Waals surface area contributed by atoms with Crippen LogP contribution >= 0.6 is 0 Å². The van der Waals surface area contributed by atoms with Gasteiger partial charge in [0.25, 0.3) is 0 Å². The van der Waals surface area contributed by atoms with E-state index in [1.165, 1.54) is 5.39 Å². The van der Waals surface area contributed by atoms with Crippen LogP contribution in [0.2, 0.25) is 0 Å². The maximum Gasteiger partial charge on any atom is 0.199 e. The highest BCUT2D eigenvalue weighted by atomic mass is 16.3. The van der Waals surface area contributed by atoms with Gasteiger partial charge in [-0.1, -0.05) is 97.1 Å². The van der Waals surface area contributed by atoms with Gasteiger partial charge in [0.2, 0.25) is 0 Å². The molecule has 0 aliphatic carbocycles. The summed E-state index contributed by atoms with van der Waals surface area (Å²) in [5.41, 5.74) is 6.38. The Kier molecular flexibility index (Phi) is 5.43. The molecule has 5 heteroatoms. The summed E-state index contributed by atoms with van der Waals surface area (Å²) in [4.78, 5) is 15.0. The van der Waals surface area contributed by atoms with Crippen LogP contribution in [0, 0.1) is 0 Å². The van der Waals surface area contributed by atoms with E-state index in [0.29, 0.717) is 23.2 Å². The Morgan fingerprint density at radius 1 is 0.364 bits per heavy atom. The van der Waals surface area contributed by atoms with E-state index in [2.05, 4.69) is 60.7 Å². The Bertz CT molecular complexity index is 2480. The van der Waals surface area contributed by atoms with E-state index < -0.39 is 0 Å². The van der Waals surface area contributed by atoms with Crippen LogP contribution in [-0.4, -0.2) is 15.0 Å². The summed E-state index contributed by atoms with van der Waals surface area (Å²) in [6.07, 6.45) is 0. The van der Waals surface area contributed by atoms with Crippen LogP contribution in [0.4, 0.5) is 0 Å². The molecular weight excluding hydrogens is 542 g/mol. The van der Waals surface area contributed by atoms with Gasteiger partial charge in [-0.15, -0.1) is 0 Å². The van der Waals surface area contributed by atoms with Crippen molar-refractivity contribution in [2.45, 2.75) is 0 Å². The van der Waals surface area contributed by atoms with Gasteiger partial charge in [-0.3, -0.25) is 0 Å². The molecule has 0 aliphatic heterocycles. The molecule has 0 bridgehead atoms. The zero-order chi connectivity index (χ0) is 29.0. The molecule has 0 amide bonds. The van der Waals surface area contributed by atoms with Crippen molar-refractivity contribution in [2.24, 2.45) is 0 Å². The molecule has 44 heavy (non-hydrogen) atoms. The quantitative estimate of drug-likeness (QED) is 0.212. The van der Waals surface area contributed by atoms with Crippen LogP contribution in [-0.2, 0) is 0 Å². The van der Waals surface area contributed by atoms with Crippen LogP contribution in [0.15, 0.2) is 148 Å². The molecule has 0 N–H and O–H groups in total. The molecule has 206 valence electrons. The highest BCUT2D eigenvalue weighted by molar-refractivity contribution is 6.10. The molecule has 0 unspecified atom stereocenters. The second-order valence-electron chi connectivity index (χ2n) is 10.9. The minimum atomic E-state index is 0.479. The maximum atomic E-state index is 6.27. The number of rotatable bonds is 4. The summed E-state index contributed by atoms with van der Waals surface area (Å²) in [7, 11) is 0. The number of para-hydroxylation sites is 1. The lowest BCUT2D eigenvalue weighted by molar-refractivity contribution is 0.625. The van der Waals surface area contributed by atoms with Crippen molar-refractivity contribution in [1.82, 2.24) is 15.0 Å². The van der Waals surface area contributed by atoms with E-state index >= 15 is 0 Å². The first-order valence-electron chi connectivity index (χ1n) is 14.5. The monoisotopic (exact) mass is 565 g/mol. The molecule has 3 heterocycles. The molecule has 0 radical (unpaired) electrons. The third kappa shape index (κ3) is 4.06. The van der Waals surface area contributed by atoms with Gasteiger partial charge in [-0.2, -0.15) is 0 Å². The van der Waals surface area contributed by atoms with Crippen molar-refractivity contribution in [1.29, 1.82) is 0 Å². The molecule has 3 aromatic heterocycles. The van der Waals surface area contributed by atoms with Crippen molar-refractivity contribution in [3.63, 3.8) is 0 Å². The van der Waals surface area contributed by atoms with Gasteiger partial charge in [0.1, 0.15) is 16.7 Å². The second kappa shape index (κ2) is 9.75. The zero-order valence-electron chi connectivity index (χ0n) is 23.4. The van der Waals surface area contributed by atoms with E-state index in [9.17, 15) is 0 Å². The summed E-state index contributed by atoms with van der Waals surface area (Å²) < 4.78 is 12.5. The van der Waals surface area contributed by atoms with Crippen LogP contribution in [0.3, 0.4) is 0 Å². The minimum Gasteiger partial charge on any atom is -0.456 e. The molecule has 9 rings (SSSR count).